The highest BCUT2D eigenvalue weighted by molar-refractivity contribution is 7.89. The van der Waals surface area contributed by atoms with Gasteiger partial charge in [0.2, 0.25) is 10.0 Å². The lowest BCUT2D eigenvalue weighted by Gasteiger charge is -2.22. The van der Waals surface area contributed by atoms with Crippen molar-refractivity contribution in [2.45, 2.75) is 38.6 Å². The van der Waals surface area contributed by atoms with Crippen LogP contribution in [-0.4, -0.2) is 48.9 Å². The number of nitrogens with one attached hydrogen (secondary N) is 2. The molecule has 1 atom stereocenters. The third-order valence-corrected chi connectivity index (χ3v) is 4.63. The van der Waals surface area contributed by atoms with Crippen molar-refractivity contribution in [1.82, 2.24) is 14.9 Å². The fraction of sp³-hybridized carbons (Fsp3) is 0.667. The van der Waals surface area contributed by atoms with Gasteiger partial charge in [-0.05, 0) is 19.8 Å². The van der Waals surface area contributed by atoms with E-state index in [4.69, 9.17) is 9.84 Å². The minimum absolute atomic E-state index is 0.00758. The maximum atomic E-state index is 12.4. The molecule has 1 aromatic rings. The molecule has 8 nitrogen and oxygen atoms in total. The average molecular weight is 319 g/mol. The van der Waals surface area contributed by atoms with E-state index in [0.29, 0.717) is 6.61 Å². The second-order valence-electron chi connectivity index (χ2n) is 4.96. The number of carboxylic acid groups (broad SMARTS) is 1. The van der Waals surface area contributed by atoms with Crippen molar-refractivity contribution in [1.29, 1.82) is 0 Å². The van der Waals surface area contributed by atoms with Crippen molar-refractivity contribution < 1.29 is 23.1 Å². The van der Waals surface area contributed by atoms with E-state index in [1.807, 2.05) is 20.8 Å². The molecule has 21 heavy (non-hydrogen) atoms. The average Bonchev–Trinajstić information content (AvgIpc) is 2.77. The van der Waals surface area contributed by atoms with Gasteiger partial charge in [-0.1, -0.05) is 13.8 Å². The monoisotopic (exact) mass is 319 g/mol. The number of carboxylic acids is 1. The molecule has 120 valence electrons. The van der Waals surface area contributed by atoms with Crippen molar-refractivity contribution in [3.63, 3.8) is 0 Å². The zero-order valence-corrected chi connectivity index (χ0v) is 13.3. The Morgan fingerprint density at radius 2 is 2.10 bits per heavy atom. The molecule has 0 aromatic carbocycles. The van der Waals surface area contributed by atoms with E-state index in [9.17, 15) is 13.2 Å². The Labute approximate surface area is 123 Å². The molecule has 0 fully saturated rings. The number of aromatic amines is 1. The number of carbonyl (C=O) groups is 1. The molecule has 0 aliphatic carbocycles. The lowest BCUT2D eigenvalue weighted by atomic mass is 10.1. The minimum Gasteiger partial charge on any atom is -0.476 e. The highest BCUT2D eigenvalue weighted by atomic mass is 32.2. The van der Waals surface area contributed by atoms with Gasteiger partial charge >= 0.3 is 5.97 Å². The molecule has 1 aromatic heterocycles. The quantitative estimate of drug-likeness (QED) is 0.650. The molecule has 1 rings (SSSR count). The zero-order chi connectivity index (χ0) is 16.2. The van der Waals surface area contributed by atoms with Crippen LogP contribution >= 0.6 is 0 Å². The van der Waals surface area contributed by atoms with Gasteiger partial charge in [-0.25, -0.2) is 17.9 Å². The van der Waals surface area contributed by atoms with Crippen LogP contribution in [0.15, 0.2) is 4.90 Å². The van der Waals surface area contributed by atoms with E-state index in [-0.39, 0.29) is 23.1 Å². The molecule has 0 saturated heterocycles. The molecule has 3 N–H and O–H groups in total. The molecule has 0 aliphatic heterocycles. The Balaban J connectivity index is 3.10. The number of aromatic carboxylic acids is 1. The molecule has 0 amide bonds. The summed E-state index contributed by atoms with van der Waals surface area (Å²) < 4.78 is 32.6. The van der Waals surface area contributed by atoms with E-state index in [2.05, 4.69) is 14.9 Å². The third kappa shape index (κ3) is 4.26. The fourth-order valence-electron chi connectivity index (χ4n) is 1.76. The maximum Gasteiger partial charge on any atom is 0.357 e. The van der Waals surface area contributed by atoms with E-state index in [0.717, 1.165) is 0 Å². The van der Waals surface area contributed by atoms with Crippen LogP contribution in [0.5, 0.6) is 0 Å². The standard InChI is InChI=1S/C12H21N3O5S/c1-5-20-6-9(7(2)3)15-21(18,19)11-8(4)13-14-10(11)12(16)17/h7,9,15H,5-6H2,1-4H3,(H,13,14)(H,16,17). The molecule has 0 saturated carbocycles. The van der Waals surface area contributed by atoms with Crippen LogP contribution in [0.1, 0.15) is 37.0 Å². The van der Waals surface area contributed by atoms with E-state index in [1.165, 1.54) is 6.92 Å². The van der Waals surface area contributed by atoms with E-state index < -0.39 is 27.7 Å². The number of aromatic nitrogens is 2. The number of nitrogens with zero attached hydrogens (tertiary/aromatic N) is 1. The SMILES string of the molecule is CCOCC(NS(=O)(=O)c1c(C(=O)O)n[nH]c1C)C(C)C. The Hall–Kier alpha value is -1.45. The first kappa shape index (κ1) is 17.6. The lowest BCUT2D eigenvalue weighted by Crippen LogP contribution is -2.42. The van der Waals surface area contributed by atoms with Crippen LogP contribution < -0.4 is 4.72 Å². The molecule has 1 unspecified atom stereocenters. The number of ether oxygens (including phenoxy) is 1. The van der Waals surface area contributed by atoms with Gasteiger partial charge in [-0.15, -0.1) is 0 Å². The van der Waals surface area contributed by atoms with Gasteiger partial charge in [0.15, 0.2) is 5.69 Å². The highest BCUT2D eigenvalue weighted by Crippen LogP contribution is 2.19. The predicted octanol–water partition coefficient (Wildman–Crippen LogP) is 0.756. The van der Waals surface area contributed by atoms with Crippen LogP contribution in [0.3, 0.4) is 0 Å². The second-order valence-corrected chi connectivity index (χ2v) is 6.61. The minimum atomic E-state index is -4.00. The van der Waals surface area contributed by atoms with Gasteiger partial charge < -0.3 is 9.84 Å². The predicted molar refractivity (Wildman–Crippen MR) is 75.7 cm³/mol. The van der Waals surface area contributed by atoms with Crippen LogP contribution in [0.4, 0.5) is 0 Å². The Morgan fingerprint density at radius 3 is 2.57 bits per heavy atom. The maximum absolute atomic E-state index is 12.4. The van der Waals surface area contributed by atoms with Crippen molar-refractivity contribution in [3.05, 3.63) is 11.4 Å². The highest BCUT2D eigenvalue weighted by Gasteiger charge is 2.31. The van der Waals surface area contributed by atoms with Gasteiger partial charge in [0.25, 0.3) is 0 Å². The molecule has 1 heterocycles. The van der Waals surface area contributed by atoms with Crippen molar-refractivity contribution in [3.8, 4) is 0 Å². The van der Waals surface area contributed by atoms with Gasteiger partial charge in [0.1, 0.15) is 4.90 Å². The van der Waals surface area contributed by atoms with Crippen LogP contribution in [0.2, 0.25) is 0 Å². The van der Waals surface area contributed by atoms with Crippen LogP contribution in [0, 0.1) is 12.8 Å². The van der Waals surface area contributed by atoms with Gasteiger partial charge in [-0.2, -0.15) is 5.10 Å². The Bertz CT molecular complexity index is 594. The summed E-state index contributed by atoms with van der Waals surface area (Å²) in [7, 11) is -4.00. The Kier molecular flexibility index (Phi) is 5.87. The first-order valence-corrected chi connectivity index (χ1v) is 8.07. The number of H-pyrrole nitrogens is 1. The zero-order valence-electron chi connectivity index (χ0n) is 12.5. The van der Waals surface area contributed by atoms with Crippen molar-refractivity contribution in [2.24, 2.45) is 5.92 Å². The molecule has 0 radical (unpaired) electrons. The van der Waals surface area contributed by atoms with Gasteiger partial charge in [-0.3, -0.25) is 5.10 Å². The molecule has 0 aliphatic rings. The number of aryl methyl sites for hydroxylation is 1. The first-order chi connectivity index (χ1) is 9.70. The summed E-state index contributed by atoms with van der Waals surface area (Å²) in [5.74, 6) is -1.41. The first-order valence-electron chi connectivity index (χ1n) is 6.59. The number of rotatable bonds is 8. The van der Waals surface area contributed by atoms with Crippen molar-refractivity contribution >= 4 is 16.0 Å². The summed E-state index contributed by atoms with van der Waals surface area (Å²) in [5, 5.41) is 14.9. The number of hydrogen-bond donors (Lipinski definition) is 3. The Morgan fingerprint density at radius 1 is 1.48 bits per heavy atom. The molecule has 0 bridgehead atoms. The van der Waals surface area contributed by atoms with Crippen LogP contribution in [0.25, 0.3) is 0 Å². The van der Waals surface area contributed by atoms with E-state index in [1.54, 1.807) is 0 Å². The summed E-state index contributed by atoms with van der Waals surface area (Å²) in [5.41, 5.74) is -0.335. The summed E-state index contributed by atoms with van der Waals surface area (Å²) in [6, 6.07) is -0.453. The third-order valence-electron chi connectivity index (χ3n) is 2.98. The van der Waals surface area contributed by atoms with Crippen molar-refractivity contribution in [2.75, 3.05) is 13.2 Å². The number of sulfonamides is 1. The topological polar surface area (TPSA) is 121 Å². The van der Waals surface area contributed by atoms with Crippen LogP contribution in [-0.2, 0) is 14.8 Å². The van der Waals surface area contributed by atoms with E-state index >= 15 is 0 Å². The molecular weight excluding hydrogens is 298 g/mol. The summed E-state index contributed by atoms with van der Waals surface area (Å²) in [6.07, 6.45) is 0. The lowest BCUT2D eigenvalue weighted by molar-refractivity contribution is 0.0686. The fourth-order valence-corrected chi connectivity index (χ4v) is 3.45. The smallest absolute Gasteiger partial charge is 0.357 e. The molecular formula is C12H21N3O5S. The summed E-state index contributed by atoms with van der Waals surface area (Å²) in [6.45, 7) is 7.66. The largest absolute Gasteiger partial charge is 0.476 e. The van der Waals surface area contributed by atoms with Gasteiger partial charge in [0.05, 0.1) is 12.3 Å². The summed E-state index contributed by atoms with van der Waals surface area (Å²) in [4.78, 5) is 10.7. The van der Waals surface area contributed by atoms with Gasteiger partial charge in [0, 0.05) is 12.6 Å². The molecule has 9 heteroatoms. The number of hydrogen-bond acceptors (Lipinski definition) is 5. The summed E-state index contributed by atoms with van der Waals surface area (Å²) >= 11 is 0. The molecule has 0 spiro atoms. The second kappa shape index (κ2) is 7.01. The normalized spacial score (nSPS) is 13.6.